The first kappa shape index (κ1) is 17.6. The Labute approximate surface area is 150 Å². The number of aromatic hydroxyl groups is 1. The maximum Gasteiger partial charge on any atom is 0.269 e. The summed E-state index contributed by atoms with van der Waals surface area (Å²) in [4.78, 5) is 24.7. The third-order valence-corrected chi connectivity index (χ3v) is 4.49. The van der Waals surface area contributed by atoms with E-state index in [4.69, 9.17) is 9.47 Å². The lowest BCUT2D eigenvalue weighted by Gasteiger charge is -2.14. The topological polar surface area (TPSA) is 96.9 Å². The molecule has 0 saturated carbocycles. The largest absolute Gasteiger partial charge is 0.508 e. The summed E-state index contributed by atoms with van der Waals surface area (Å²) in [6, 6.07) is 9.92. The summed E-state index contributed by atoms with van der Waals surface area (Å²) >= 11 is 0. The Morgan fingerprint density at radius 1 is 1.08 bits per heavy atom. The fourth-order valence-corrected chi connectivity index (χ4v) is 3.18. The highest BCUT2D eigenvalue weighted by molar-refractivity contribution is 5.96. The second-order valence-electron chi connectivity index (χ2n) is 5.95. The molecule has 1 atom stereocenters. The molecule has 1 aliphatic rings. The molecular weight excluding hydrogens is 336 g/mol. The van der Waals surface area contributed by atoms with Gasteiger partial charge in [0.1, 0.15) is 5.75 Å². The van der Waals surface area contributed by atoms with Crippen molar-refractivity contribution in [1.29, 1.82) is 0 Å². The van der Waals surface area contributed by atoms with Crippen molar-refractivity contribution in [2.24, 2.45) is 0 Å². The molecule has 136 valence electrons. The van der Waals surface area contributed by atoms with Gasteiger partial charge in [0.25, 0.3) is 5.91 Å². The van der Waals surface area contributed by atoms with Crippen LogP contribution in [0.15, 0.2) is 36.4 Å². The van der Waals surface area contributed by atoms with E-state index in [-0.39, 0.29) is 11.7 Å². The summed E-state index contributed by atoms with van der Waals surface area (Å²) in [5.41, 5.74) is 6.74. The molecule has 7 heteroatoms. The fraction of sp³-hybridized carbons (Fsp3) is 0.263. The average molecular weight is 356 g/mol. The van der Waals surface area contributed by atoms with Crippen LogP contribution < -0.4 is 20.3 Å². The minimum Gasteiger partial charge on any atom is -0.508 e. The van der Waals surface area contributed by atoms with E-state index < -0.39 is 11.8 Å². The molecule has 26 heavy (non-hydrogen) atoms. The van der Waals surface area contributed by atoms with Crippen molar-refractivity contribution in [3.8, 4) is 17.2 Å². The number of rotatable bonds is 4. The molecular formula is C19H20N2O5. The molecule has 3 rings (SSSR count). The van der Waals surface area contributed by atoms with Crippen LogP contribution in [-0.4, -0.2) is 31.1 Å². The van der Waals surface area contributed by atoms with Crippen LogP contribution in [0.2, 0.25) is 0 Å². The van der Waals surface area contributed by atoms with Crippen molar-refractivity contribution in [3.63, 3.8) is 0 Å². The number of carbonyl (C=O) groups excluding carboxylic acids is 2. The van der Waals surface area contributed by atoms with E-state index in [0.717, 1.165) is 5.56 Å². The predicted molar refractivity (Wildman–Crippen MR) is 94.3 cm³/mol. The third-order valence-electron chi connectivity index (χ3n) is 4.49. The van der Waals surface area contributed by atoms with Crippen LogP contribution in [0.25, 0.3) is 0 Å². The highest BCUT2D eigenvalue weighted by Gasteiger charge is 2.31. The standard InChI is InChI=1S/C19H20N2O5/c1-25-15-9-7-12(10-16(15)26-2)18(23)20-21-19(24)13-8-6-11-4-3-5-14(22)17(11)13/h3-5,7,9-10,13,22H,6,8H2,1-2H3,(H,20,23)(H,21,24)/t13-/m1/s1. The molecule has 2 aromatic rings. The van der Waals surface area contributed by atoms with Crippen molar-refractivity contribution < 1.29 is 24.2 Å². The summed E-state index contributed by atoms with van der Waals surface area (Å²) in [6.45, 7) is 0. The SMILES string of the molecule is COc1ccc(C(=O)NNC(=O)[C@@H]2CCc3cccc(O)c32)cc1OC. The van der Waals surface area contributed by atoms with E-state index in [1.165, 1.54) is 20.3 Å². The van der Waals surface area contributed by atoms with Crippen molar-refractivity contribution in [1.82, 2.24) is 10.9 Å². The minimum absolute atomic E-state index is 0.103. The smallest absolute Gasteiger partial charge is 0.269 e. The molecule has 0 bridgehead atoms. The number of fused-ring (bicyclic) bond motifs is 1. The molecule has 2 aromatic carbocycles. The van der Waals surface area contributed by atoms with Gasteiger partial charge in [-0.05, 0) is 42.7 Å². The first-order valence-corrected chi connectivity index (χ1v) is 8.18. The second-order valence-corrected chi connectivity index (χ2v) is 5.95. The van der Waals surface area contributed by atoms with Gasteiger partial charge in [-0.1, -0.05) is 12.1 Å². The quantitative estimate of drug-likeness (QED) is 0.727. The Morgan fingerprint density at radius 2 is 1.85 bits per heavy atom. The summed E-state index contributed by atoms with van der Waals surface area (Å²) in [5, 5.41) is 10.0. The maximum absolute atomic E-state index is 12.4. The number of hydrogen-bond acceptors (Lipinski definition) is 5. The van der Waals surface area contributed by atoms with E-state index in [2.05, 4.69) is 10.9 Å². The summed E-state index contributed by atoms with van der Waals surface area (Å²) < 4.78 is 10.3. The van der Waals surface area contributed by atoms with Crippen molar-refractivity contribution in [2.75, 3.05) is 14.2 Å². The molecule has 0 radical (unpaired) electrons. The van der Waals surface area contributed by atoms with E-state index in [1.807, 2.05) is 6.07 Å². The lowest BCUT2D eigenvalue weighted by molar-refractivity contribution is -0.123. The van der Waals surface area contributed by atoms with Crippen LogP contribution in [0.3, 0.4) is 0 Å². The summed E-state index contributed by atoms with van der Waals surface area (Å²) in [6.07, 6.45) is 1.30. The van der Waals surface area contributed by atoms with Gasteiger partial charge in [0.2, 0.25) is 5.91 Å². The predicted octanol–water partition coefficient (Wildman–Crippen LogP) is 1.90. The monoisotopic (exact) mass is 356 g/mol. The molecule has 2 amide bonds. The normalized spacial score (nSPS) is 15.1. The minimum atomic E-state index is -0.489. The summed E-state index contributed by atoms with van der Waals surface area (Å²) in [7, 11) is 2.98. The first-order valence-electron chi connectivity index (χ1n) is 8.18. The molecule has 0 heterocycles. The lowest BCUT2D eigenvalue weighted by atomic mass is 10.00. The molecule has 0 saturated heterocycles. The zero-order valence-corrected chi connectivity index (χ0v) is 14.5. The Kier molecular flexibility index (Phi) is 4.97. The number of phenolic OH excluding ortho intramolecular Hbond substituents is 1. The fourth-order valence-electron chi connectivity index (χ4n) is 3.18. The van der Waals surface area contributed by atoms with Gasteiger partial charge in [0.05, 0.1) is 20.1 Å². The summed E-state index contributed by atoms with van der Waals surface area (Å²) in [5.74, 6) is -0.301. The lowest BCUT2D eigenvalue weighted by Crippen LogP contribution is -2.43. The van der Waals surface area contributed by atoms with Crippen LogP contribution >= 0.6 is 0 Å². The highest BCUT2D eigenvalue weighted by atomic mass is 16.5. The van der Waals surface area contributed by atoms with Crippen molar-refractivity contribution in [3.05, 3.63) is 53.1 Å². The molecule has 0 aromatic heterocycles. The van der Waals surface area contributed by atoms with Gasteiger partial charge in [-0.3, -0.25) is 20.4 Å². The van der Waals surface area contributed by atoms with Gasteiger partial charge in [0.15, 0.2) is 11.5 Å². The van der Waals surface area contributed by atoms with Crippen LogP contribution in [0.5, 0.6) is 17.2 Å². The number of nitrogens with one attached hydrogen (secondary N) is 2. The van der Waals surface area contributed by atoms with E-state index in [0.29, 0.717) is 35.5 Å². The molecule has 0 spiro atoms. The van der Waals surface area contributed by atoms with Crippen LogP contribution in [-0.2, 0) is 11.2 Å². The number of hydrogen-bond donors (Lipinski definition) is 3. The Hall–Kier alpha value is -3.22. The highest BCUT2D eigenvalue weighted by Crippen LogP contribution is 2.38. The van der Waals surface area contributed by atoms with Crippen molar-refractivity contribution in [2.45, 2.75) is 18.8 Å². The number of hydrazine groups is 1. The van der Waals surface area contributed by atoms with Gasteiger partial charge in [-0.15, -0.1) is 0 Å². The van der Waals surface area contributed by atoms with Gasteiger partial charge < -0.3 is 14.6 Å². The molecule has 0 fully saturated rings. The number of amides is 2. The Balaban J connectivity index is 1.67. The molecule has 1 aliphatic carbocycles. The van der Waals surface area contributed by atoms with Crippen LogP contribution in [0, 0.1) is 0 Å². The van der Waals surface area contributed by atoms with E-state index in [1.54, 1.807) is 24.3 Å². The molecule has 7 nitrogen and oxygen atoms in total. The van der Waals surface area contributed by atoms with Gasteiger partial charge >= 0.3 is 0 Å². The first-order chi connectivity index (χ1) is 12.5. The van der Waals surface area contributed by atoms with Gasteiger partial charge in [0, 0.05) is 11.1 Å². The van der Waals surface area contributed by atoms with Gasteiger partial charge in [-0.2, -0.15) is 0 Å². The molecule has 0 aliphatic heterocycles. The van der Waals surface area contributed by atoms with Crippen LogP contribution in [0.4, 0.5) is 0 Å². The van der Waals surface area contributed by atoms with E-state index >= 15 is 0 Å². The number of ether oxygens (including phenoxy) is 2. The Morgan fingerprint density at radius 3 is 2.58 bits per heavy atom. The van der Waals surface area contributed by atoms with Crippen LogP contribution in [0.1, 0.15) is 33.8 Å². The molecule has 0 unspecified atom stereocenters. The van der Waals surface area contributed by atoms with Gasteiger partial charge in [-0.25, -0.2) is 0 Å². The van der Waals surface area contributed by atoms with E-state index in [9.17, 15) is 14.7 Å². The number of benzene rings is 2. The Bertz CT molecular complexity index is 850. The number of methoxy groups -OCH3 is 2. The molecule has 3 N–H and O–H groups in total. The zero-order valence-electron chi connectivity index (χ0n) is 14.5. The number of aryl methyl sites for hydroxylation is 1. The third kappa shape index (κ3) is 3.28. The maximum atomic E-state index is 12.4. The zero-order chi connectivity index (χ0) is 18.7. The second kappa shape index (κ2) is 7.35. The van der Waals surface area contributed by atoms with Crippen molar-refractivity contribution >= 4 is 11.8 Å². The number of phenols is 1. The average Bonchev–Trinajstić information content (AvgIpc) is 3.10. The number of carbonyl (C=O) groups is 2.